The lowest BCUT2D eigenvalue weighted by atomic mass is 9.67. The van der Waals surface area contributed by atoms with Gasteiger partial charge in [-0.2, -0.15) is 0 Å². The monoisotopic (exact) mass is 574 g/mol. The minimum atomic E-state index is -1.33. The van der Waals surface area contributed by atoms with Gasteiger partial charge in [-0.3, -0.25) is 14.5 Å². The molecule has 0 aromatic heterocycles. The highest BCUT2D eigenvalue weighted by Gasteiger charge is 2.51. The molecule has 1 heterocycles. The number of Topliss-reactive ketones (excluding diaryl/α,β-unsaturated/α-hetero) is 1. The van der Waals surface area contributed by atoms with E-state index in [1.165, 1.54) is 55.5 Å². The molecule has 10 heteroatoms. The number of nitrogens with zero attached hydrogens (tertiary/aromatic N) is 1. The summed E-state index contributed by atoms with van der Waals surface area (Å²) < 4.78 is 45.3. The minimum Gasteiger partial charge on any atom is -0.497 e. The Balaban J connectivity index is 1.83. The molecule has 0 unspecified atom stereocenters. The van der Waals surface area contributed by atoms with Crippen molar-refractivity contribution >= 4 is 23.4 Å². The summed E-state index contributed by atoms with van der Waals surface area (Å²) in [5, 5.41) is 0. The smallest absolute Gasteiger partial charge is 0.338 e. The van der Waals surface area contributed by atoms with Crippen molar-refractivity contribution in [1.29, 1.82) is 0 Å². The summed E-state index contributed by atoms with van der Waals surface area (Å²) in [5.74, 6) is -6.61. The van der Waals surface area contributed by atoms with E-state index in [1.54, 1.807) is 36.4 Å². The van der Waals surface area contributed by atoms with Crippen molar-refractivity contribution < 1.29 is 37.4 Å². The number of carbonyl (C=O) groups excluding carboxylic acids is 3. The molecule has 0 bridgehead atoms. The van der Waals surface area contributed by atoms with Crippen molar-refractivity contribution in [1.82, 2.24) is 0 Å². The second-order valence-corrected chi connectivity index (χ2v) is 9.87. The molecule has 3 atom stereocenters. The molecule has 0 fully saturated rings. The van der Waals surface area contributed by atoms with Gasteiger partial charge in [-0.25, -0.2) is 13.6 Å². The normalized spacial score (nSPS) is 20.3. The van der Waals surface area contributed by atoms with Crippen molar-refractivity contribution in [2.45, 2.75) is 18.3 Å². The predicted octanol–water partition coefficient (Wildman–Crippen LogP) is 4.72. The second-order valence-electron chi connectivity index (χ2n) is 9.87. The lowest BCUT2D eigenvalue weighted by molar-refractivity contribution is -0.150. The highest BCUT2D eigenvalue weighted by molar-refractivity contribution is 6.14. The van der Waals surface area contributed by atoms with Gasteiger partial charge < -0.3 is 19.9 Å². The van der Waals surface area contributed by atoms with Crippen LogP contribution in [0.3, 0.4) is 0 Å². The average molecular weight is 575 g/mol. The minimum absolute atomic E-state index is 0.00731. The lowest BCUT2D eigenvalue weighted by Gasteiger charge is -2.44. The third-order valence-electron chi connectivity index (χ3n) is 7.73. The number of allylic oxidation sites excluding steroid dienone is 2. The van der Waals surface area contributed by atoms with Crippen LogP contribution in [0.2, 0.25) is 0 Å². The summed E-state index contributed by atoms with van der Waals surface area (Å²) in [6, 6.07) is 18.0. The topological polar surface area (TPSA) is 108 Å². The van der Waals surface area contributed by atoms with E-state index in [4.69, 9.17) is 19.9 Å². The first-order valence-electron chi connectivity index (χ1n) is 13.1. The van der Waals surface area contributed by atoms with Crippen LogP contribution >= 0.6 is 0 Å². The summed E-state index contributed by atoms with van der Waals surface area (Å²) in [7, 11) is 3.83. The van der Waals surface area contributed by atoms with Crippen molar-refractivity contribution in [3.8, 4) is 5.75 Å². The Kier molecular flexibility index (Phi) is 7.80. The summed E-state index contributed by atoms with van der Waals surface area (Å²) in [6.07, 6.45) is 0.0454. The van der Waals surface area contributed by atoms with Gasteiger partial charge in [0.15, 0.2) is 5.78 Å². The van der Waals surface area contributed by atoms with Crippen LogP contribution in [0.1, 0.15) is 29.4 Å². The zero-order valence-electron chi connectivity index (χ0n) is 23.1. The lowest BCUT2D eigenvalue weighted by Crippen LogP contribution is -2.46. The van der Waals surface area contributed by atoms with Crippen molar-refractivity contribution in [2.24, 2.45) is 11.7 Å². The van der Waals surface area contributed by atoms with Crippen molar-refractivity contribution in [3.63, 3.8) is 0 Å². The second kappa shape index (κ2) is 11.5. The fourth-order valence-corrected chi connectivity index (χ4v) is 5.83. The molecule has 2 N–H and O–H groups in total. The van der Waals surface area contributed by atoms with Gasteiger partial charge in [0.2, 0.25) is 0 Å². The summed E-state index contributed by atoms with van der Waals surface area (Å²) in [5.41, 5.74) is 7.57. The molecule has 2 aliphatic rings. The third kappa shape index (κ3) is 4.78. The number of hydrogen-bond donors (Lipinski definition) is 1. The largest absolute Gasteiger partial charge is 0.497 e. The number of nitrogens with two attached hydrogens (primary N) is 1. The average Bonchev–Trinajstić information content (AvgIpc) is 3.00. The fourth-order valence-electron chi connectivity index (χ4n) is 5.83. The van der Waals surface area contributed by atoms with Crippen LogP contribution in [0.15, 0.2) is 95.5 Å². The number of ether oxygens (including phenoxy) is 3. The molecule has 42 heavy (non-hydrogen) atoms. The number of ketones is 1. The Bertz CT molecular complexity index is 1630. The number of rotatable bonds is 6. The molecule has 0 saturated carbocycles. The quantitative estimate of drug-likeness (QED) is 0.333. The van der Waals surface area contributed by atoms with E-state index >= 15 is 4.39 Å². The van der Waals surface area contributed by atoms with Gasteiger partial charge >= 0.3 is 11.9 Å². The van der Waals surface area contributed by atoms with Crippen LogP contribution < -0.4 is 15.4 Å². The Morgan fingerprint density at radius 3 is 2.26 bits per heavy atom. The zero-order chi connectivity index (χ0) is 30.1. The molecule has 0 amide bonds. The van der Waals surface area contributed by atoms with Crippen LogP contribution in [0.25, 0.3) is 0 Å². The van der Waals surface area contributed by atoms with Crippen LogP contribution in [0.4, 0.5) is 14.5 Å². The molecule has 5 rings (SSSR count). The first-order valence-corrected chi connectivity index (χ1v) is 13.1. The summed E-state index contributed by atoms with van der Waals surface area (Å²) >= 11 is 0. The maximum atomic E-state index is 15.4. The number of benzene rings is 3. The maximum absolute atomic E-state index is 15.4. The molecule has 1 aliphatic heterocycles. The Hall–Kier alpha value is -4.99. The SMILES string of the molecule is COC(=O)C1=C(N)N(c2cccc(F)c2)C2=C(C(=O)[C@H](C(=O)OC)[C@H](c3ccc(OC)cc3)C2)[C@H]1c1ccccc1F. The van der Waals surface area contributed by atoms with Gasteiger partial charge in [-0.1, -0.05) is 36.4 Å². The number of hydrogen-bond acceptors (Lipinski definition) is 8. The first-order chi connectivity index (χ1) is 20.2. The summed E-state index contributed by atoms with van der Waals surface area (Å²) in [4.78, 5) is 42.5. The zero-order valence-corrected chi connectivity index (χ0v) is 23.1. The third-order valence-corrected chi connectivity index (χ3v) is 7.73. The molecule has 1 aliphatic carbocycles. The molecule has 0 spiro atoms. The predicted molar refractivity (Wildman–Crippen MR) is 149 cm³/mol. The van der Waals surface area contributed by atoms with E-state index in [0.717, 1.165) is 7.11 Å². The Morgan fingerprint density at radius 2 is 1.64 bits per heavy atom. The molecule has 216 valence electrons. The van der Waals surface area contributed by atoms with Gasteiger partial charge in [0.1, 0.15) is 29.1 Å². The van der Waals surface area contributed by atoms with E-state index in [-0.39, 0.29) is 34.6 Å². The first kappa shape index (κ1) is 28.5. The van der Waals surface area contributed by atoms with Gasteiger partial charge in [0.25, 0.3) is 0 Å². The van der Waals surface area contributed by atoms with Gasteiger partial charge in [-0.15, -0.1) is 0 Å². The van der Waals surface area contributed by atoms with E-state index in [2.05, 4.69) is 0 Å². The van der Waals surface area contributed by atoms with Crippen LogP contribution in [-0.2, 0) is 23.9 Å². The highest BCUT2D eigenvalue weighted by Crippen LogP contribution is 2.52. The van der Waals surface area contributed by atoms with Crippen LogP contribution in [0, 0.1) is 17.6 Å². The van der Waals surface area contributed by atoms with E-state index < -0.39 is 47.1 Å². The highest BCUT2D eigenvalue weighted by atomic mass is 19.1. The molecule has 8 nitrogen and oxygen atoms in total. The molecule has 0 saturated heterocycles. The van der Waals surface area contributed by atoms with Crippen molar-refractivity contribution in [2.75, 3.05) is 26.2 Å². The number of halogens is 2. The van der Waals surface area contributed by atoms with E-state index in [0.29, 0.717) is 17.0 Å². The van der Waals surface area contributed by atoms with Crippen LogP contribution in [-0.4, -0.2) is 39.1 Å². The fraction of sp³-hybridized carbons (Fsp3) is 0.219. The number of carbonyl (C=O) groups is 3. The molecule has 3 aromatic rings. The van der Waals surface area contributed by atoms with Gasteiger partial charge in [-0.05, 0) is 48.4 Å². The van der Waals surface area contributed by atoms with E-state index in [1.807, 2.05) is 0 Å². The molecule has 0 radical (unpaired) electrons. The molecular weight excluding hydrogens is 546 g/mol. The Morgan fingerprint density at radius 1 is 0.929 bits per heavy atom. The Labute approximate surface area is 241 Å². The number of esters is 2. The molecule has 3 aromatic carbocycles. The number of methoxy groups -OCH3 is 3. The van der Waals surface area contributed by atoms with Crippen molar-refractivity contribution in [3.05, 3.63) is 118 Å². The summed E-state index contributed by atoms with van der Waals surface area (Å²) in [6.45, 7) is 0. The van der Waals surface area contributed by atoms with E-state index in [9.17, 15) is 18.8 Å². The maximum Gasteiger partial charge on any atom is 0.338 e. The van der Waals surface area contributed by atoms with Crippen LogP contribution in [0.5, 0.6) is 5.75 Å². The molecular formula is C32H28F2N2O6. The van der Waals surface area contributed by atoms with Gasteiger partial charge in [0.05, 0.1) is 38.5 Å². The standard InChI is InChI=1S/C32H28F2N2O6/c1-40-20-13-11-17(12-14-20)22-16-24-27(29(37)26(22)31(38)41-2)25(21-9-4-5-10-23(21)34)28(32(39)42-3)30(35)36(24)19-8-6-7-18(33)15-19/h4-15,22,25-26H,16,35H2,1-3H3/t22-,25+,26+/m0/s1. The number of anilines is 1. The van der Waals surface area contributed by atoms with Gasteiger partial charge in [0, 0.05) is 22.8 Å².